The van der Waals surface area contributed by atoms with E-state index >= 15 is 0 Å². The molecule has 0 saturated carbocycles. The maximum absolute atomic E-state index is 11.3. The van der Waals surface area contributed by atoms with Gasteiger partial charge in [0.15, 0.2) is 5.69 Å². The van der Waals surface area contributed by atoms with Gasteiger partial charge in [0.25, 0.3) is 0 Å². The SMILES string of the molecule is COC(=O)c1cn(Cc2nc(-c3ccccn3)no2)nn1. The number of aromatic nitrogens is 6. The molecule has 106 valence electrons. The number of pyridine rings is 1. The van der Waals surface area contributed by atoms with Crippen LogP contribution < -0.4 is 0 Å². The minimum atomic E-state index is -0.555. The maximum Gasteiger partial charge on any atom is 0.360 e. The summed E-state index contributed by atoms with van der Waals surface area (Å²) >= 11 is 0. The number of carbonyl (C=O) groups excluding carboxylic acids is 1. The van der Waals surface area contributed by atoms with Crippen LogP contribution in [0.4, 0.5) is 0 Å². The van der Waals surface area contributed by atoms with Gasteiger partial charge in [-0.1, -0.05) is 16.4 Å². The van der Waals surface area contributed by atoms with Gasteiger partial charge in [0, 0.05) is 6.20 Å². The number of carbonyl (C=O) groups is 1. The van der Waals surface area contributed by atoms with Crippen molar-refractivity contribution in [3.8, 4) is 11.5 Å². The second-order valence-corrected chi connectivity index (χ2v) is 4.02. The molecule has 0 N–H and O–H groups in total. The smallest absolute Gasteiger partial charge is 0.360 e. The predicted molar refractivity (Wildman–Crippen MR) is 68.0 cm³/mol. The summed E-state index contributed by atoms with van der Waals surface area (Å²) in [7, 11) is 1.28. The first-order valence-corrected chi connectivity index (χ1v) is 5.98. The summed E-state index contributed by atoms with van der Waals surface area (Å²) in [5, 5.41) is 11.3. The molecule has 0 aliphatic heterocycles. The van der Waals surface area contributed by atoms with Crippen LogP contribution in [0.1, 0.15) is 16.4 Å². The molecule has 3 aromatic heterocycles. The zero-order valence-corrected chi connectivity index (χ0v) is 11.0. The van der Waals surface area contributed by atoms with Gasteiger partial charge < -0.3 is 9.26 Å². The number of ether oxygens (including phenoxy) is 1. The minimum absolute atomic E-state index is 0.113. The molecule has 0 aliphatic rings. The fraction of sp³-hybridized carbons (Fsp3) is 0.167. The average Bonchev–Trinajstić information content (AvgIpc) is 3.17. The molecule has 3 rings (SSSR count). The number of hydrogen-bond donors (Lipinski definition) is 0. The zero-order valence-electron chi connectivity index (χ0n) is 11.0. The third kappa shape index (κ3) is 2.76. The van der Waals surface area contributed by atoms with Crippen LogP contribution >= 0.6 is 0 Å². The second kappa shape index (κ2) is 5.49. The van der Waals surface area contributed by atoms with Crippen LogP contribution in [0.15, 0.2) is 35.1 Å². The van der Waals surface area contributed by atoms with Gasteiger partial charge in [-0.2, -0.15) is 4.98 Å². The molecule has 0 bridgehead atoms. The molecule has 0 saturated heterocycles. The predicted octanol–water partition coefficient (Wildman–Crippen LogP) is 0.558. The first-order chi connectivity index (χ1) is 10.3. The summed E-state index contributed by atoms with van der Waals surface area (Å²) in [6.45, 7) is 0.198. The summed E-state index contributed by atoms with van der Waals surface area (Å²) in [5.41, 5.74) is 0.725. The molecule has 3 heterocycles. The van der Waals surface area contributed by atoms with Crippen molar-refractivity contribution in [2.45, 2.75) is 6.54 Å². The molecule has 21 heavy (non-hydrogen) atoms. The van der Waals surface area contributed by atoms with E-state index in [-0.39, 0.29) is 12.2 Å². The normalized spacial score (nSPS) is 10.5. The van der Waals surface area contributed by atoms with Crippen LogP contribution in [0.2, 0.25) is 0 Å². The first kappa shape index (κ1) is 12.9. The monoisotopic (exact) mass is 286 g/mol. The minimum Gasteiger partial charge on any atom is -0.464 e. The van der Waals surface area contributed by atoms with Crippen LogP contribution in [0.5, 0.6) is 0 Å². The topological polar surface area (TPSA) is 109 Å². The van der Waals surface area contributed by atoms with Crippen molar-refractivity contribution in [1.29, 1.82) is 0 Å². The molecular formula is C12H10N6O3. The quantitative estimate of drug-likeness (QED) is 0.640. The van der Waals surface area contributed by atoms with Gasteiger partial charge in [0.2, 0.25) is 11.7 Å². The lowest BCUT2D eigenvalue weighted by atomic mass is 10.3. The number of hydrogen-bond acceptors (Lipinski definition) is 8. The van der Waals surface area contributed by atoms with E-state index in [4.69, 9.17) is 4.52 Å². The van der Waals surface area contributed by atoms with Crippen molar-refractivity contribution in [3.63, 3.8) is 0 Å². The number of esters is 1. The standard InChI is InChI=1S/C12H10N6O3/c1-20-12(19)9-6-18(17-15-9)7-10-14-11(16-21-10)8-4-2-3-5-13-8/h2-6H,7H2,1H3. The molecule has 9 nitrogen and oxygen atoms in total. The third-order valence-electron chi connectivity index (χ3n) is 2.59. The Hall–Kier alpha value is -3.10. The van der Waals surface area contributed by atoms with Gasteiger partial charge in [-0.3, -0.25) is 4.98 Å². The van der Waals surface area contributed by atoms with Crippen molar-refractivity contribution in [2.75, 3.05) is 7.11 Å². The van der Waals surface area contributed by atoms with Crippen LogP contribution in [0, 0.1) is 0 Å². The average molecular weight is 286 g/mol. The Morgan fingerprint density at radius 1 is 1.43 bits per heavy atom. The molecule has 0 amide bonds. The highest BCUT2D eigenvalue weighted by Gasteiger charge is 2.14. The summed E-state index contributed by atoms with van der Waals surface area (Å²) < 4.78 is 11.1. The van der Waals surface area contributed by atoms with Crippen LogP contribution in [0.3, 0.4) is 0 Å². The van der Waals surface area contributed by atoms with Gasteiger partial charge in [-0.15, -0.1) is 5.10 Å². The van der Waals surface area contributed by atoms with Crippen molar-refractivity contribution in [3.05, 3.63) is 42.2 Å². The Bertz CT molecular complexity index is 751. The van der Waals surface area contributed by atoms with Crippen molar-refractivity contribution >= 4 is 5.97 Å². The highest BCUT2D eigenvalue weighted by Crippen LogP contribution is 2.12. The maximum atomic E-state index is 11.3. The molecular weight excluding hydrogens is 276 g/mol. The lowest BCUT2D eigenvalue weighted by molar-refractivity contribution is 0.0594. The molecule has 3 aromatic rings. The lowest BCUT2D eigenvalue weighted by Gasteiger charge is -1.93. The third-order valence-corrected chi connectivity index (χ3v) is 2.59. The number of methoxy groups -OCH3 is 1. The van der Waals surface area contributed by atoms with E-state index in [9.17, 15) is 4.79 Å². The fourth-order valence-electron chi connectivity index (χ4n) is 1.63. The Morgan fingerprint density at radius 2 is 2.33 bits per heavy atom. The van der Waals surface area contributed by atoms with E-state index in [2.05, 4.69) is 30.2 Å². The Balaban J connectivity index is 1.76. The van der Waals surface area contributed by atoms with Crippen LogP contribution in [0.25, 0.3) is 11.5 Å². The van der Waals surface area contributed by atoms with E-state index in [1.165, 1.54) is 18.0 Å². The Kier molecular flexibility index (Phi) is 3.37. The molecule has 0 unspecified atom stereocenters. The molecule has 9 heteroatoms. The van der Waals surface area contributed by atoms with Crippen molar-refractivity contribution in [1.82, 2.24) is 30.1 Å². The lowest BCUT2D eigenvalue weighted by Crippen LogP contribution is -2.02. The molecule has 0 aliphatic carbocycles. The highest BCUT2D eigenvalue weighted by molar-refractivity contribution is 5.86. The molecule has 0 aromatic carbocycles. The molecule has 0 radical (unpaired) electrons. The van der Waals surface area contributed by atoms with E-state index in [0.29, 0.717) is 17.4 Å². The van der Waals surface area contributed by atoms with E-state index < -0.39 is 5.97 Å². The zero-order chi connectivity index (χ0) is 14.7. The molecule has 0 spiro atoms. The van der Waals surface area contributed by atoms with Gasteiger partial charge >= 0.3 is 5.97 Å². The number of nitrogens with zero attached hydrogens (tertiary/aromatic N) is 6. The Morgan fingerprint density at radius 3 is 3.10 bits per heavy atom. The van der Waals surface area contributed by atoms with E-state index in [0.717, 1.165) is 0 Å². The molecule has 0 fully saturated rings. The van der Waals surface area contributed by atoms with Gasteiger partial charge in [-0.25, -0.2) is 9.48 Å². The van der Waals surface area contributed by atoms with Crippen LogP contribution in [-0.2, 0) is 11.3 Å². The fourth-order valence-corrected chi connectivity index (χ4v) is 1.63. The Labute approximate surface area is 118 Å². The highest BCUT2D eigenvalue weighted by atomic mass is 16.5. The first-order valence-electron chi connectivity index (χ1n) is 5.98. The summed E-state index contributed by atoms with van der Waals surface area (Å²) in [6.07, 6.45) is 3.09. The van der Waals surface area contributed by atoms with Gasteiger partial charge in [0.05, 0.1) is 13.3 Å². The summed E-state index contributed by atoms with van der Waals surface area (Å²) in [4.78, 5) is 19.6. The molecule has 0 atom stereocenters. The number of rotatable bonds is 4. The van der Waals surface area contributed by atoms with Crippen molar-refractivity contribution in [2.24, 2.45) is 0 Å². The van der Waals surface area contributed by atoms with Crippen molar-refractivity contribution < 1.29 is 14.1 Å². The second-order valence-electron chi connectivity index (χ2n) is 4.02. The summed E-state index contributed by atoms with van der Waals surface area (Å²) in [5.74, 6) is 0.164. The van der Waals surface area contributed by atoms with Gasteiger partial charge in [0.1, 0.15) is 12.2 Å². The van der Waals surface area contributed by atoms with E-state index in [1.54, 1.807) is 18.3 Å². The van der Waals surface area contributed by atoms with Crippen LogP contribution in [-0.4, -0.2) is 43.2 Å². The van der Waals surface area contributed by atoms with E-state index in [1.807, 2.05) is 6.07 Å². The largest absolute Gasteiger partial charge is 0.464 e. The van der Waals surface area contributed by atoms with Gasteiger partial charge in [-0.05, 0) is 12.1 Å². The summed E-state index contributed by atoms with van der Waals surface area (Å²) in [6, 6.07) is 5.41.